The summed E-state index contributed by atoms with van der Waals surface area (Å²) in [5.41, 5.74) is 2.89. The lowest BCUT2D eigenvalue weighted by Gasteiger charge is -2.13. The number of carbonyl (C=O) groups excluding carboxylic acids is 1. The molecule has 0 fully saturated rings. The second-order valence-corrected chi connectivity index (χ2v) is 7.08. The average molecular weight is 562 g/mol. The van der Waals surface area contributed by atoms with Crippen LogP contribution in [0.3, 0.4) is 0 Å². The number of methoxy groups -OCH3 is 1. The van der Waals surface area contributed by atoms with Crippen LogP contribution in [-0.2, 0) is 13.1 Å². The summed E-state index contributed by atoms with van der Waals surface area (Å²) in [6.45, 7) is 5.04. The molecule has 0 aliphatic rings. The Balaban J connectivity index is 0.00000385. The van der Waals surface area contributed by atoms with Crippen molar-refractivity contribution in [2.45, 2.75) is 20.0 Å². The van der Waals surface area contributed by atoms with Crippen molar-refractivity contribution < 1.29 is 9.53 Å². The number of benzene rings is 2. The molecule has 176 valence electrons. The highest BCUT2D eigenvalue weighted by Crippen LogP contribution is 2.13. The standard InChI is InChI=1S/C24H30N6O2.HI/c1-3-25-24(27-14-13-26-23(31)19-10-6-11-22(16-19)32-2)28-17-20-8-4-5-9-21(20)18-30-15-7-12-29-30;/h4-12,15-16H,3,13-14,17-18H2,1-2H3,(H,26,31)(H2,25,27,28);1H. The molecule has 0 radical (unpaired) electrons. The fourth-order valence-corrected chi connectivity index (χ4v) is 3.16. The third-order valence-electron chi connectivity index (χ3n) is 4.80. The van der Waals surface area contributed by atoms with Gasteiger partial charge in [0.25, 0.3) is 5.91 Å². The smallest absolute Gasteiger partial charge is 0.251 e. The zero-order valence-corrected chi connectivity index (χ0v) is 21.3. The molecule has 1 aromatic heterocycles. The number of hydrogen-bond donors (Lipinski definition) is 3. The van der Waals surface area contributed by atoms with E-state index in [-0.39, 0.29) is 29.9 Å². The van der Waals surface area contributed by atoms with E-state index in [1.54, 1.807) is 31.5 Å². The first-order valence-electron chi connectivity index (χ1n) is 10.7. The predicted molar refractivity (Wildman–Crippen MR) is 141 cm³/mol. The number of guanidine groups is 1. The molecule has 0 atom stereocenters. The summed E-state index contributed by atoms with van der Waals surface area (Å²) in [7, 11) is 1.58. The van der Waals surface area contributed by atoms with Gasteiger partial charge in [0, 0.05) is 37.6 Å². The first kappa shape index (κ1) is 26.2. The SMILES string of the molecule is CCNC(=NCc1ccccc1Cn1cccn1)NCCNC(=O)c1cccc(OC)c1.I. The van der Waals surface area contributed by atoms with E-state index in [0.29, 0.717) is 43.5 Å². The number of ether oxygens (including phenoxy) is 1. The molecule has 2 aromatic carbocycles. The third-order valence-corrected chi connectivity index (χ3v) is 4.80. The Morgan fingerprint density at radius 1 is 1.03 bits per heavy atom. The Morgan fingerprint density at radius 3 is 2.55 bits per heavy atom. The number of rotatable bonds is 10. The van der Waals surface area contributed by atoms with E-state index in [9.17, 15) is 4.79 Å². The minimum Gasteiger partial charge on any atom is -0.497 e. The molecule has 0 saturated heterocycles. The normalized spacial score (nSPS) is 10.8. The van der Waals surface area contributed by atoms with Crippen LogP contribution in [0.2, 0.25) is 0 Å². The Labute approximate surface area is 211 Å². The van der Waals surface area contributed by atoms with Crippen molar-refractivity contribution in [3.05, 3.63) is 83.7 Å². The van der Waals surface area contributed by atoms with Crippen LogP contribution in [0.15, 0.2) is 72.0 Å². The molecule has 3 N–H and O–H groups in total. The summed E-state index contributed by atoms with van der Waals surface area (Å²) >= 11 is 0. The summed E-state index contributed by atoms with van der Waals surface area (Å²) in [5.74, 6) is 1.22. The van der Waals surface area contributed by atoms with Gasteiger partial charge in [-0.3, -0.25) is 9.48 Å². The lowest BCUT2D eigenvalue weighted by molar-refractivity contribution is 0.0954. The molecule has 0 saturated carbocycles. The van der Waals surface area contributed by atoms with Crippen LogP contribution < -0.4 is 20.7 Å². The van der Waals surface area contributed by atoms with Crippen molar-refractivity contribution in [3.63, 3.8) is 0 Å². The molecule has 0 spiro atoms. The van der Waals surface area contributed by atoms with Crippen molar-refractivity contribution in [2.24, 2.45) is 4.99 Å². The second-order valence-electron chi connectivity index (χ2n) is 7.08. The predicted octanol–water partition coefficient (Wildman–Crippen LogP) is 3.04. The lowest BCUT2D eigenvalue weighted by atomic mass is 10.1. The van der Waals surface area contributed by atoms with Crippen LogP contribution in [0.5, 0.6) is 5.75 Å². The van der Waals surface area contributed by atoms with Gasteiger partial charge in [0.15, 0.2) is 5.96 Å². The van der Waals surface area contributed by atoms with E-state index in [0.717, 1.165) is 12.1 Å². The molecular formula is C24H31IN6O2. The van der Waals surface area contributed by atoms with Gasteiger partial charge in [-0.2, -0.15) is 5.10 Å². The van der Waals surface area contributed by atoms with E-state index >= 15 is 0 Å². The van der Waals surface area contributed by atoms with Crippen LogP contribution in [0.1, 0.15) is 28.4 Å². The highest BCUT2D eigenvalue weighted by molar-refractivity contribution is 14.0. The zero-order valence-electron chi connectivity index (χ0n) is 19.0. The number of carbonyl (C=O) groups is 1. The quantitative estimate of drug-likeness (QED) is 0.153. The van der Waals surface area contributed by atoms with E-state index in [2.05, 4.69) is 33.2 Å². The highest BCUT2D eigenvalue weighted by Gasteiger charge is 2.07. The molecule has 0 aliphatic heterocycles. The van der Waals surface area contributed by atoms with Crippen molar-refractivity contribution >= 4 is 35.8 Å². The maximum Gasteiger partial charge on any atom is 0.251 e. The maximum absolute atomic E-state index is 12.3. The van der Waals surface area contributed by atoms with Crippen LogP contribution >= 0.6 is 24.0 Å². The topological polar surface area (TPSA) is 92.6 Å². The average Bonchev–Trinajstić information content (AvgIpc) is 3.34. The molecule has 3 rings (SSSR count). The van der Waals surface area contributed by atoms with Gasteiger partial charge in [0.05, 0.1) is 20.2 Å². The molecule has 8 nitrogen and oxygen atoms in total. The molecule has 3 aromatic rings. The second kappa shape index (κ2) is 14.1. The van der Waals surface area contributed by atoms with E-state index in [4.69, 9.17) is 9.73 Å². The van der Waals surface area contributed by atoms with Gasteiger partial charge in [-0.15, -0.1) is 24.0 Å². The Bertz CT molecular complexity index is 1020. The fraction of sp³-hybridized carbons (Fsp3) is 0.292. The summed E-state index contributed by atoms with van der Waals surface area (Å²) in [5, 5.41) is 13.7. The summed E-state index contributed by atoms with van der Waals surface area (Å²) in [6, 6.07) is 17.2. The van der Waals surface area contributed by atoms with Gasteiger partial charge < -0.3 is 20.7 Å². The van der Waals surface area contributed by atoms with E-state index in [1.807, 2.05) is 42.1 Å². The van der Waals surface area contributed by atoms with E-state index in [1.165, 1.54) is 5.56 Å². The van der Waals surface area contributed by atoms with Crippen molar-refractivity contribution in [2.75, 3.05) is 26.7 Å². The Morgan fingerprint density at radius 2 is 1.82 bits per heavy atom. The number of hydrogen-bond acceptors (Lipinski definition) is 4. The summed E-state index contributed by atoms with van der Waals surface area (Å²) in [4.78, 5) is 17.0. The van der Waals surface area contributed by atoms with Crippen LogP contribution in [0.4, 0.5) is 0 Å². The summed E-state index contributed by atoms with van der Waals surface area (Å²) < 4.78 is 7.07. The Hall–Kier alpha value is -3.08. The van der Waals surface area contributed by atoms with E-state index < -0.39 is 0 Å². The van der Waals surface area contributed by atoms with Crippen molar-refractivity contribution in [1.82, 2.24) is 25.7 Å². The monoisotopic (exact) mass is 562 g/mol. The number of amides is 1. The Kier molecular flexibility index (Phi) is 11.2. The van der Waals surface area contributed by atoms with Gasteiger partial charge in [-0.1, -0.05) is 30.3 Å². The molecule has 1 heterocycles. The van der Waals surface area contributed by atoms with Gasteiger partial charge in [-0.05, 0) is 42.3 Å². The van der Waals surface area contributed by atoms with Crippen molar-refractivity contribution in [3.8, 4) is 5.75 Å². The number of aromatic nitrogens is 2. The molecule has 0 aliphatic carbocycles. The third kappa shape index (κ3) is 8.41. The highest BCUT2D eigenvalue weighted by atomic mass is 127. The zero-order chi connectivity index (χ0) is 22.6. The number of halogens is 1. The van der Waals surface area contributed by atoms with Crippen molar-refractivity contribution in [1.29, 1.82) is 0 Å². The van der Waals surface area contributed by atoms with Gasteiger partial charge in [0.2, 0.25) is 0 Å². The molecular weight excluding hydrogens is 531 g/mol. The van der Waals surface area contributed by atoms with Gasteiger partial charge in [-0.25, -0.2) is 4.99 Å². The molecule has 9 heteroatoms. The molecule has 1 amide bonds. The first-order chi connectivity index (χ1) is 15.7. The summed E-state index contributed by atoms with van der Waals surface area (Å²) in [6.07, 6.45) is 3.73. The first-order valence-corrected chi connectivity index (χ1v) is 10.7. The number of aliphatic imine (C=N–C) groups is 1. The number of nitrogens with one attached hydrogen (secondary N) is 3. The fourth-order valence-electron chi connectivity index (χ4n) is 3.16. The molecule has 0 unspecified atom stereocenters. The van der Waals surface area contributed by atoms with Crippen LogP contribution in [-0.4, -0.2) is 48.4 Å². The van der Waals surface area contributed by atoms with Crippen LogP contribution in [0, 0.1) is 0 Å². The lowest BCUT2D eigenvalue weighted by Crippen LogP contribution is -2.41. The minimum absolute atomic E-state index is 0. The largest absolute Gasteiger partial charge is 0.497 e. The minimum atomic E-state index is -0.139. The van der Waals surface area contributed by atoms with Gasteiger partial charge in [0.1, 0.15) is 5.75 Å². The molecule has 33 heavy (non-hydrogen) atoms. The van der Waals surface area contributed by atoms with Gasteiger partial charge >= 0.3 is 0 Å². The maximum atomic E-state index is 12.3. The number of nitrogens with zero attached hydrogens (tertiary/aromatic N) is 3. The molecule has 0 bridgehead atoms. The van der Waals surface area contributed by atoms with Crippen LogP contribution in [0.25, 0.3) is 0 Å².